The minimum Gasteiger partial charge on any atom is -0.268 e. The molecule has 0 spiro atoms. The molecule has 0 aromatic heterocycles. The number of hydrogen-bond donors (Lipinski definition) is 2. The van der Waals surface area contributed by atoms with Crippen molar-refractivity contribution >= 4 is 43.6 Å². The van der Waals surface area contributed by atoms with Crippen molar-refractivity contribution < 1.29 is 26.4 Å². The molecule has 0 bridgehead atoms. The van der Waals surface area contributed by atoms with Crippen molar-refractivity contribution in [3.8, 4) is 0 Å². The maximum atomic E-state index is 12.2. The summed E-state index contributed by atoms with van der Waals surface area (Å²) < 4.78 is 52.4. The summed E-state index contributed by atoms with van der Waals surface area (Å²) in [6.45, 7) is 0. The van der Waals surface area contributed by atoms with E-state index in [-0.39, 0.29) is 30.7 Å². The van der Waals surface area contributed by atoms with E-state index in [0.717, 1.165) is 11.8 Å². The summed E-state index contributed by atoms with van der Waals surface area (Å²) in [7, 11) is -8.02. The number of benzene rings is 2. The monoisotopic (exact) mass is 396 g/mol. The number of nitrogens with one attached hydrogen (secondary N) is 2. The van der Waals surface area contributed by atoms with Gasteiger partial charge in [0.25, 0.3) is 31.9 Å². The van der Waals surface area contributed by atoms with Crippen LogP contribution in [0.3, 0.4) is 0 Å². The van der Waals surface area contributed by atoms with Crippen molar-refractivity contribution in [1.29, 1.82) is 0 Å². The van der Waals surface area contributed by atoms with Gasteiger partial charge in [-0.25, -0.2) is 26.3 Å². The van der Waals surface area contributed by atoms with Gasteiger partial charge in [0.15, 0.2) is 0 Å². The van der Waals surface area contributed by atoms with Gasteiger partial charge in [-0.05, 0) is 24.3 Å². The Balaban J connectivity index is 1.91. The fourth-order valence-electron chi connectivity index (χ4n) is 2.68. The first-order valence-electron chi connectivity index (χ1n) is 6.79. The number of hydrogen-bond acceptors (Lipinski definition) is 7. The molecular formula is C14H8N2O6S3. The van der Waals surface area contributed by atoms with Crippen LogP contribution in [0.2, 0.25) is 0 Å². The highest BCUT2D eigenvalue weighted by molar-refractivity contribution is 8.01. The van der Waals surface area contributed by atoms with Crippen LogP contribution >= 0.6 is 11.8 Å². The minimum absolute atomic E-state index is 0.00497. The maximum absolute atomic E-state index is 12.2. The van der Waals surface area contributed by atoms with Gasteiger partial charge >= 0.3 is 0 Å². The van der Waals surface area contributed by atoms with Gasteiger partial charge in [0.05, 0.1) is 11.1 Å². The smallest absolute Gasteiger partial charge is 0.266 e. The summed E-state index contributed by atoms with van der Waals surface area (Å²) in [6.07, 6.45) is 0. The van der Waals surface area contributed by atoms with Crippen LogP contribution in [0.1, 0.15) is 20.7 Å². The average Bonchev–Trinajstić information content (AvgIpc) is 2.90. The Bertz CT molecular complexity index is 1090. The SMILES string of the molecule is O=C1NS(=O)(=O)c2c(Sc3cccc4c3S(=O)(=O)NC4=O)cccc21. The third kappa shape index (κ3) is 2.34. The zero-order chi connectivity index (χ0) is 18.0. The molecule has 0 atom stereocenters. The topological polar surface area (TPSA) is 126 Å². The van der Waals surface area contributed by atoms with Crippen molar-refractivity contribution in [2.45, 2.75) is 19.6 Å². The highest BCUT2D eigenvalue weighted by Crippen LogP contribution is 2.41. The maximum Gasteiger partial charge on any atom is 0.266 e. The first-order chi connectivity index (χ1) is 11.7. The van der Waals surface area contributed by atoms with Gasteiger partial charge in [-0.15, -0.1) is 0 Å². The lowest BCUT2D eigenvalue weighted by Crippen LogP contribution is -2.21. The quantitative estimate of drug-likeness (QED) is 0.765. The molecular weight excluding hydrogens is 388 g/mol. The van der Waals surface area contributed by atoms with E-state index >= 15 is 0 Å². The van der Waals surface area contributed by atoms with Crippen LogP contribution in [0, 0.1) is 0 Å². The molecule has 2 aromatic rings. The fourth-order valence-corrected chi connectivity index (χ4v) is 7.00. The Hall–Kier alpha value is -2.37. The molecule has 2 aromatic carbocycles. The van der Waals surface area contributed by atoms with E-state index in [1.165, 1.54) is 36.4 Å². The van der Waals surface area contributed by atoms with Gasteiger partial charge in [0, 0.05) is 9.79 Å². The molecule has 2 aliphatic heterocycles. The van der Waals surface area contributed by atoms with Crippen LogP contribution in [0.4, 0.5) is 0 Å². The van der Waals surface area contributed by atoms with Crippen molar-refractivity contribution in [1.82, 2.24) is 9.44 Å². The third-order valence-electron chi connectivity index (χ3n) is 3.66. The molecule has 128 valence electrons. The lowest BCUT2D eigenvalue weighted by molar-refractivity contribution is 0.0976. The van der Waals surface area contributed by atoms with Crippen molar-refractivity contribution in [2.24, 2.45) is 0 Å². The molecule has 11 heteroatoms. The van der Waals surface area contributed by atoms with Crippen molar-refractivity contribution in [3.63, 3.8) is 0 Å². The molecule has 2 N–H and O–H groups in total. The largest absolute Gasteiger partial charge is 0.268 e. The lowest BCUT2D eigenvalue weighted by atomic mass is 10.2. The van der Waals surface area contributed by atoms with Crippen molar-refractivity contribution in [3.05, 3.63) is 47.5 Å². The fraction of sp³-hybridized carbons (Fsp3) is 0. The van der Waals surface area contributed by atoms with Crippen LogP contribution in [-0.4, -0.2) is 28.6 Å². The van der Waals surface area contributed by atoms with E-state index < -0.39 is 31.9 Å². The zero-order valence-corrected chi connectivity index (χ0v) is 14.6. The van der Waals surface area contributed by atoms with Gasteiger partial charge in [-0.1, -0.05) is 23.9 Å². The zero-order valence-electron chi connectivity index (χ0n) is 12.1. The Morgan fingerprint density at radius 2 is 1.08 bits per heavy atom. The Labute approximate surface area is 146 Å². The number of carbonyl (C=O) groups excluding carboxylic acids is 2. The molecule has 2 amide bonds. The normalized spacial score (nSPS) is 19.0. The summed E-state index contributed by atoms with van der Waals surface area (Å²) in [4.78, 5) is 23.5. The number of sulfonamides is 2. The average molecular weight is 396 g/mol. The molecule has 0 saturated heterocycles. The molecule has 0 aliphatic carbocycles. The third-order valence-corrected chi connectivity index (χ3v) is 7.90. The van der Waals surface area contributed by atoms with E-state index in [2.05, 4.69) is 0 Å². The van der Waals surface area contributed by atoms with Crippen LogP contribution in [0.15, 0.2) is 56.0 Å². The van der Waals surface area contributed by atoms with Crippen LogP contribution in [-0.2, 0) is 20.0 Å². The van der Waals surface area contributed by atoms with Gasteiger partial charge in [0.2, 0.25) is 0 Å². The second-order valence-electron chi connectivity index (χ2n) is 5.24. The summed E-state index contributed by atoms with van der Waals surface area (Å²) >= 11 is 0.864. The second kappa shape index (κ2) is 5.07. The van der Waals surface area contributed by atoms with Crippen LogP contribution < -0.4 is 9.44 Å². The number of amides is 2. The number of fused-ring (bicyclic) bond motifs is 2. The summed E-state index contributed by atoms with van der Waals surface area (Å²) in [5.41, 5.74) is -0.00994. The summed E-state index contributed by atoms with van der Waals surface area (Å²) in [5.74, 6) is -1.47. The molecule has 0 saturated carbocycles. The van der Waals surface area contributed by atoms with E-state index in [0.29, 0.717) is 0 Å². The van der Waals surface area contributed by atoms with E-state index in [1.54, 1.807) is 0 Å². The standard InChI is InChI=1S/C14H8N2O6S3/c17-13-7-3-1-5-9(11(7)24(19,20)15-13)23-10-6-2-4-8-12(10)25(21,22)16-14(8)18/h1-6H,(H,15,17)(H,16,18). The predicted octanol–water partition coefficient (Wildman–Crippen LogP) is 0.702. The Kier molecular flexibility index (Phi) is 3.27. The Morgan fingerprint density at radius 1 is 0.680 bits per heavy atom. The highest BCUT2D eigenvalue weighted by atomic mass is 32.2. The highest BCUT2D eigenvalue weighted by Gasteiger charge is 2.38. The van der Waals surface area contributed by atoms with Gasteiger partial charge in [-0.2, -0.15) is 0 Å². The van der Waals surface area contributed by atoms with Crippen LogP contribution in [0.5, 0.6) is 0 Å². The van der Waals surface area contributed by atoms with E-state index in [4.69, 9.17) is 0 Å². The molecule has 2 heterocycles. The molecule has 4 rings (SSSR count). The molecule has 2 aliphatic rings. The number of carbonyl (C=O) groups is 2. The molecule has 0 unspecified atom stereocenters. The molecule has 25 heavy (non-hydrogen) atoms. The van der Waals surface area contributed by atoms with E-state index in [9.17, 15) is 26.4 Å². The van der Waals surface area contributed by atoms with Crippen LogP contribution in [0.25, 0.3) is 0 Å². The van der Waals surface area contributed by atoms with Crippen molar-refractivity contribution in [2.75, 3.05) is 0 Å². The molecule has 0 radical (unpaired) electrons. The lowest BCUT2D eigenvalue weighted by Gasteiger charge is -2.08. The first kappa shape index (κ1) is 16.1. The minimum atomic E-state index is -4.01. The number of rotatable bonds is 2. The molecule has 8 nitrogen and oxygen atoms in total. The van der Waals surface area contributed by atoms with Gasteiger partial charge in [-0.3, -0.25) is 9.59 Å². The predicted molar refractivity (Wildman–Crippen MR) is 86.3 cm³/mol. The summed E-state index contributed by atoms with van der Waals surface area (Å²) in [6, 6.07) is 8.69. The molecule has 0 fully saturated rings. The summed E-state index contributed by atoms with van der Waals surface area (Å²) in [5, 5.41) is 0. The second-order valence-corrected chi connectivity index (χ2v) is 9.56. The Morgan fingerprint density at radius 3 is 1.48 bits per heavy atom. The van der Waals surface area contributed by atoms with E-state index in [1.807, 2.05) is 9.44 Å². The first-order valence-corrected chi connectivity index (χ1v) is 10.6. The van der Waals surface area contributed by atoms with Gasteiger partial charge in [0.1, 0.15) is 9.79 Å². The van der Waals surface area contributed by atoms with Gasteiger partial charge < -0.3 is 0 Å².